The summed E-state index contributed by atoms with van der Waals surface area (Å²) < 4.78 is 0. The molecule has 0 bridgehead atoms. The van der Waals surface area contributed by atoms with Gasteiger partial charge < -0.3 is 10.4 Å². The molecule has 2 fully saturated rings. The Morgan fingerprint density at radius 1 is 1.58 bits per heavy atom. The second-order valence-electron chi connectivity index (χ2n) is 3.54. The van der Waals surface area contributed by atoms with Crippen molar-refractivity contribution in [2.24, 2.45) is 0 Å². The molecule has 4 heteroatoms. The molecule has 0 aromatic rings. The van der Waals surface area contributed by atoms with Gasteiger partial charge in [0.25, 0.3) is 0 Å². The fourth-order valence-corrected chi connectivity index (χ4v) is 2.01. The topological polar surface area (TPSA) is 52.6 Å². The highest BCUT2D eigenvalue weighted by Gasteiger charge is 2.36. The zero-order valence-electron chi connectivity index (χ0n) is 6.99. The summed E-state index contributed by atoms with van der Waals surface area (Å²) >= 11 is 0. The zero-order chi connectivity index (χ0) is 8.55. The van der Waals surface area contributed by atoms with Gasteiger partial charge >= 0.3 is 0 Å². The molecule has 0 spiro atoms. The van der Waals surface area contributed by atoms with Crippen LogP contribution in [-0.2, 0) is 4.79 Å². The Labute approximate surface area is 71.5 Å². The summed E-state index contributed by atoms with van der Waals surface area (Å²) in [5, 5.41) is 12.2. The fourth-order valence-electron chi connectivity index (χ4n) is 2.01. The number of rotatable bonds is 0. The highest BCUT2D eigenvalue weighted by atomic mass is 16.3. The first-order valence-corrected chi connectivity index (χ1v) is 4.47. The minimum absolute atomic E-state index is 0.0671. The largest absolute Gasteiger partial charge is 0.392 e. The van der Waals surface area contributed by atoms with E-state index >= 15 is 0 Å². The minimum atomic E-state index is -0.307. The van der Waals surface area contributed by atoms with Crippen molar-refractivity contribution in [3.8, 4) is 0 Å². The lowest BCUT2D eigenvalue weighted by molar-refractivity contribution is -0.124. The second kappa shape index (κ2) is 3.03. The molecule has 0 aliphatic carbocycles. The van der Waals surface area contributed by atoms with Crippen LogP contribution >= 0.6 is 0 Å². The molecule has 2 atom stereocenters. The van der Waals surface area contributed by atoms with E-state index < -0.39 is 0 Å². The van der Waals surface area contributed by atoms with Crippen LogP contribution in [0.5, 0.6) is 0 Å². The van der Waals surface area contributed by atoms with E-state index in [2.05, 4.69) is 10.2 Å². The van der Waals surface area contributed by atoms with E-state index in [4.69, 9.17) is 0 Å². The Balaban J connectivity index is 2.09. The lowest BCUT2D eigenvalue weighted by Crippen LogP contribution is -2.39. The van der Waals surface area contributed by atoms with Gasteiger partial charge in [-0.05, 0) is 12.8 Å². The number of carbonyl (C=O) groups excluding carboxylic acids is 1. The molecule has 2 aliphatic rings. The standard InChI is InChI=1S/C8H14N2O2/c11-6-4-7-8(12)9-2-1-3-10(7)5-6/h6-7,11H,1-5H2,(H,9,12)/t6-,7+/m1/s1. The maximum Gasteiger partial charge on any atom is 0.237 e. The van der Waals surface area contributed by atoms with Crippen molar-refractivity contribution in [3.05, 3.63) is 0 Å². The van der Waals surface area contributed by atoms with Gasteiger partial charge in [0, 0.05) is 19.6 Å². The summed E-state index contributed by atoms with van der Waals surface area (Å²) in [4.78, 5) is 13.5. The molecule has 0 aromatic heterocycles. The molecule has 68 valence electrons. The van der Waals surface area contributed by atoms with Crippen molar-refractivity contribution in [2.45, 2.75) is 25.0 Å². The number of hydrogen-bond donors (Lipinski definition) is 2. The quantitative estimate of drug-likeness (QED) is 0.487. The first-order chi connectivity index (χ1) is 5.77. The van der Waals surface area contributed by atoms with Gasteiger partial charge in [0.05, 0.1) is 12.1 Å². The van der Waals surface area contributed by atoms with E-state index in [-0.39, 0.29) is 18.1 Å². The van der Waals surface area contributed by atoms with Crippen LogP contribution < -0.4 is 5.32 Å². The number of nitrogens with one attached hydrogen (secondary N) is 1. The number of hydrogen-bond acceptors (Lipinski definition) is 3. The van der Waals surface area contributed by atoms with Crippen LogP contribution in [0.3, 0.4) is 0 Å². The molecule has 2 saturated heterocycles. The van der Waals surface area contributed by atoms with Crippen molar-refractivity contribution in [2.75, 3.05) is 19.6 Å². The van der Waals surface area contributed by atoms with Gasteiger partial charge in [-0.25, -0.2) is 0 Å². The Morgan fingerprint density at radius 3 is 3.25 bits per heavy atom. The van der Waals surface area contributed by atoms with Crippen LogP contribution in [0.1, 0.15) is 12.8 Å². The monoisotopic (exact) mass is 170 g/mol. The molecule has 2 N–H and O–H groups in total. The van der Waals surface area contributed by atoms with E-state index in [0.29, 0.717) is 13.0 Å². The number of aliphatic hydroxyl groups is 1. The Bertz CT molecular complexity index is 195. The van der Waals surface area contributed by atoms with Crippen molar-refractivity contribution in [1.29, 1.82) is 0 Å². The van der Waals surface area contributed by atoms with Gasteiger partial charge in [-0.1, -0.05) is 0 Å². The average Bonchev–Trinajstić information content (AvgIpc) is 2.33. The number of amides is 1. The van der Waals surface area contributed by atoms with E-state index in [1.54, 1.807) is 0 Å². The lowest BCUT2D eigenvalue weighted by Gasteiger charge is -2.18. The summed E-state index contributed by atoms with van der Waals surface area (Å²) in [5.74, 6) is 0.0871. The van der Waals surface area contributed by atoms with Crippen LogP contribution in [0.25, 0.3) is 0 Å². The van der Waals surface area contributed by atoms with Crippen LogP contribution in [0.2, 0.25) is 0 Å². The number of nitrogens with zero attached hydrogens (tertiary/aromatic N) is 1. The Morgan fingerprint density at radius 2 is 2.42 bits per heavy atom. The molecule has 0 radical (unpaired) electrons. The van der Waals surface area contributed by atoms with Crippen LogP contribution in [0, 0.1) is 0 Å². The number of fused-ring (bicyclic) bond motifs is 1. The molecule has 1 amide bonds. The molecule has 2 heterocycles. The molecule has 0 aromatic carbocycles. The summed E-state index contributed by atoms with van der Waals surface area (Å²) in [6, 6.07) is -0.0671. The van der Waals surface area contributed by atoms with Gasteiger partial charge in [0.1, 0.15) is 0 Å². The molecule has 4 nitrogen and oxygen atoms in total. The Hall–Kier alpha value is -0.610. The summed E-state index contributed by atoms with van der Waals surface area (Å²) in [7, 11) is 0. The minimum Gasteiger partial charge on any atom is -0.392 e. The third-order valence-electron chi connectivity index (χ3n) is 2.61. The maximum absolute atomic E-state index is 11.4. The van der Waals surface area contributed by atoms with Crippen molar-refractivity contribution >= 4 is 5.91 Å². The molecular weight excluding hydrogens is 156 g/mol. The van der Waals surface area contributed by atoms with Gasteiger partial charge in [-0.15, -0.1) is 0 Å². The third kappa shape index (κ3) is 1.32. The molecule has 12 heavy (non-hydrogen) atoms. The first kappa shape index (κ1) is 8.01. The van der Waals surface area contributed by atoms with Gasteiger partial charge in [-0.3, -0.25) is 9.69 Å². The van der Waals surface area contributed by atoms with E-state index in [1.165, 1.54) is 0 Å². The number of carbonyl (C=O) groups is 1. The summed E-state index contributed by atoms with van der Waals surface area (Å²) in [6.07, 6.45) is 1.29. The van der Waals surface area contributed by atoms with E-state index in [9.17, 15) is 9.90 Å². The van der Waals surface area contributed by atoms with Crippen molar-refractivity contribution in [1.82, 2.24) is 10.2 Å². The SMILES string of the molecule is O=C1NCCCN2C[C@H](O)C[C@@H]12. The molecule has 2 rings (SSSR count). The summed E-state index contributed by atoms with van der Waals surface area (Å²) in [5.41, 5.74) is 0. The third-order valence-corrected chi connectivity index (χ3v) is 2.61. The highest BCUT2D eigenvalue weighted by Crippen LogP contribution is 2.19. The first-order valence-electron chi connectivity index (χ1n) is 4.47. The normalized spacial score (nSPS) is 37.2. The van der Waals surface area contributed by atoms with Crippen LogP contribution in [-0.4, -0.2) is 47.7 Å². The van der Waals surface area contributed by atoms with Crippen LogP contribution in [0.15, 0.2) is 0 Å². The van der Waals surface area contributed by atoms with Crippen molar-refractivity contribution in [3.63, 3.8) is 0 Å². The van der Waals surface area contributed by atoms with Crippen molar-refractivity contribution < 1.29 is 9.90 Å². The molecule has 0 unspecified atom stereocenters. The molecule has 0 saturated carbocycles. The van der Waals surface area contributed by atoms with Gasteiger partial charge in [0.15, 0.2) is 0 Å². The van der Waals surface area contributed by atoms with Gasteiger partial charge in [-0.2, -0.15) is 0 Å². The second-order valence-corrected chi connectivity index (χ2v) is 3.54. The lowest BCUT2D eigenvalue weighted by atomic mass is 10.2. The van der Waals surface area contributed by atoms with E-state index in [1.807, 2.05) is 0 Å². The molecular formula is C8H14N2O2. The average molecular weight is 170 g/mol. The molecule has 2 aliphatic heterocycles. The zero-order valence-corrected chi connectivity index (χ0v) is 6.99. The summed E-state index contributed by atoms with van der Waals surface area (Å²) in [6.45, 7) is 2.38. The number of aliphatic hydroxyl groups excluding tert-OH is 1. The predicted molar refractivity (Wildman–Crippen MR) is 43.6 cm³/mol. The van der Waals surface area contributed by atoms with Gasteiger partial charge in [0.2, 0.25) is 5.91 Å². The van der Waals surface area contributed by atoms with Crippen LogP contribution in [0.4, 0.5) is 0 Å². The highest BCUT2D eigenvalue weighted by molar-refractivity contribution is 5.82. The smallest absolute Gasteiger partial charge is 0.237 e. The fraction of sp³-hybridized carbons (Fsp3) is 0.875. The maximum atomic E-state index is 11.4. The predicted octanol–water partition coefficient (Wildman–Crippen LogP) is -1.06. The Kier molecular flexibility index (Phi) is 2.02. The van der Waals surface area contributed by atoms with E-state index in [0.717, 1.165) is 19.5 Å².